The number of aliphatic carboxylic acids is 1. The maximum Gasteiger partial charge on any atom is 0.332 e. The zero-order chi connectivity index (χ0) is 15.4. The molecule has 2 aliphatic heterocycles. The van der Waals surface area contributed by atoms with Crippen molar-refractivity contribution in [1.82, 2.24) is 10.2 Å². The van der Waals surface area contributed by atoms with Crippen LogP contribution in [0.15, 0.2) is 0 Å². The summed E-state index contributed by atoms with van der Waals surface area (Å²) in [6, 6.07) is -0.682. The fourth-order valence-corrected chi connectivity index (χ4v) is 2.56. The summed E-state index contributed by atoms with van der Waals surface area (Å²) in [6.45, 7) is 3.07. The van der Waals surface area contributed by atoms with E-state index in [4.69, 9.17) is 14.6 Å². The molecule has 2 N–H and O–H groups in total. The van der Waals surface area contributed by atoms with Gasteiger partial charge in [-0.25, -0.2) is 4.79 Å². The SMILES string of the molecule is CCNC(=O)C1COCCN1C(=O)[C@@H]1CC[C@H](C(=O)O)O1. The maximum atomic E-state index is 12.5. The molecule has 2 amide bonds. The molecule has 0 saturated carbocycles. The number of rotatable bonds is 4. The van der Waals surface area contributed by atoms with Gasteiger partial charge < -0.3 is 24.8 Å². The Hall–Kier alpha value is -1.67. The van der Waals surface area contributed by atoms with Crippen molar-refractivity contribution in [3.63, 3.8) is 0 Å². The third kappa shape index (κ3) is 3.51. The minimum atomic E-state index is -1.06. The fourth-order valence-electron chi connectivity index (χ4n) is 2.56. The number of nitrogens with one attached hydrogen (secondary N) is 1. The first-order valence-electron chi connectivity index (χ1n) is 7.08. The molecule has 0 aliphatic carbocycles. The molecular formula is C13H20N2O6. The van der Waals surface area contributed by atoms with Gasteiger partial charge in [-0.3, -0.25) is 9.59 Å². The van der Waals surface area contributed by atoms with Gasteiger partial charge in [0.25, 0.3) is 5.91 Å². The van der Waals surface area contributed by atoms with Gasteiger partial charge in [0, 0.05) is 13.1 Å². The summed E-state index contributed by atoms with van der Waals surface area (Å²) in [4.78, 5) is 36.7. The quantitative estimate of drug-likeness (QED) is 0.688. The van der Waals surface area contributed by atoms with Gasteiger partial charge >= 0.3 is 5.97 Å². The standard InChI is InChI=1S/C13H20N2O6/c1-2-14-11(16)8-7-20-6-5-15(8)12(17)9-3-4-10(21-9)13(18)19/h8-10H,2-7H2,1H3,(H,14,16)(H,18,19)/t8?,9-,10+/m0/s1. The Labute approximate surface area is 122 Å². The monoisotopic (exact) mass is 300 g/mol. The third-order valence-electron chi connectivity index (χ3n) is 3.64. The number of likely N-dealkylation sites (N-methyl/N-ethyl adjacent to an activating group) is 1. The molecule has 2 aliphatic rings. The van der Waals surface area contributed by atoms with Crippen LogP contribution in [0.3, 0.4) is 0 Å². The van der Waals surface area contributed by atoms with Gasteiger partial charge in [0.15, 0.2) is 6.10 Å². The summed E-state index contributed by atoms with van der Waals surface area (Å²) in [6.07, 6.45) is -1.07. The van der Waals surface area contributed by atoms with E-state index in [0.717, 1.165) is 0 Å². The van der Waals surface area contributed by atoms with E-state index in [1.165, 1.54) is 4.90 Å². The van der Waals surface area contributed by atoms with E-state index in [0.29, 0.717) is 32.5 Å². The summed E-state index contributed by atoms with van der Waals surface area (Å²) in [7, 11) is 0. The van der Waals surface area contributed by atoms with E-state index in [-0.39, 0.29) is 18.4 Å². The fraction of sp³-hybridized carbons (Fsp3) is 0.769. The van der Waals surface area contributed by atoms with Gasteiger partial charge in [-0.2, -0.15) is 0 Å². The Morgan fingerprint density at radius 1 is 1.29 bits per heavy atom. The minimum absolute atomic E-state index is 0.145. The van der Waals surface area contributed by atoms with Crippen molar-refractivity contribution in [3.05, 3.63) is 0 Å². The van der Waals surface area contributed by atoms with Gasteiger partial charge in [-0.1, -0.05) is 0 Å². The predicted octanol–water partition coefficient (Wildman–Crippen LogP) is -1.02. The smallest absolute Gasteiger partial charge is 0.332 e. The Morgan fingerprint density at radius 2 is 2.00 bits per heavy atom. The van der Waals surface area contributed by atoms with E-state index in [2.05, 4.69) is 5.32 Å². The Morgan fingerprint density at radius 3 is 2.62 bits per heavy atom. The molecule has 1 unspecified atom stereocenters. The van der Waals surface area contributed by atoms with Crippen LogP contribution >= 0.6 is 0 Å². The van der Waals surface area contributed by atoms with E-state index < -0.39 is 24.2 Å². The van der Waals surface area contributed by atoms with Crippen LogP contribution in [0.5, 0.6) is 0 Å². The van der Waals surface area contributed by atoms with Crippen LogP contribution in [0.2, 0.25) is 0 Å². The van der Waals surface area contributed by atoms with Gasteiger partial charge in [0.05, 0.1) is 13.2 Å². The lowest BCUT2D eigenvalue weighted by Gasteiger charge is -2.35. The van der Waals surface area contributed by atoms with E-state index in [1.807, 2.05) is 0 Å². The molecule has 8 heteroatoms. The second-order valence-corrected chi connectivity index (χ2v) is 5.05. The molecule has 21 heavy (non-hydrogen) atoms. The summed E-state index contributed by atoms with van der Waals surface area (Å²) < 4.78 is 10.5. The third-order valence-corrected chi connectivity index (χ3v) is 3.64. The summed E-state index contributed by atoms with van der Waals surface area (Å²) >= 11 is 0. The highest BCUT2D eigenvalue weighted by atomic mass is 16.5. The number of hydrogen-bond acceptors (Lipinski definition) is 5. The molecule has 118 valence electrons. The van der Waals surface area contributed by atoms with Crippen molar-refractivity contribution < 1.29 is 29.0 Å². The number of morpholine rings is 1. The van der Waals surface area contributed by atoms with E-state index in [1.54, 1.807) is 6.92 Å². The molecule has 2 fully saturated rings. The van der Waals surface area contributed by atoms with Gasteiger partial charge in [-0.05, 0) is 19.8 Å². The first-order valence-corrected chi connectivity index (χ1v) is 7.08. The number of carboxylic acid groups (broad SMARTS) is 1. The zero-order valence-corrected chi connectivity index (χ0v) is 11.9. The average Bonchev–Trinajstić information content (AvgIpc) is 2.97. The highest BCUT2D eigenvalue weighted by Gasteiger charge is 2.41. The second-order valence-electron chi connectivity index (χ2n) is 5.05. The lowest BCUT2D eigenvalue weighted by Crippen LogP contribution is -2.58. The Kier molecular flexibility index (Phi) is 5.13. The van der Waals surface area contributed by atoms with Crippen LogP contribution in [0, 0.1) is 0 Å². The van der Waals surface area contributed by atoms with Gasteiger partial charge in [-0.15, -0.1) is 0 Å². The van der Waals surface area contributed by atoms with Crippen molar-refractivity contribution >= 4 is 17.8 Å². The maximum absolute atomic E-state index is 12.5. The number of hydrogen-bond donors (Lipinski definition) is 2. The van der Waals surface area contributed by atoms with Crippen molar-refractivity contribution in [2.75, 3.05) is 26.3 Å². The highest BCUT2D eigenvalue weighted by Crippen LogP contribution is 2.23. The number of ether oxygens (including phenoxy) is 2. The van der Waals surface area contributed by atoms with Crippen LogP contribution in [0.25, 0.3) is 0 Å². The number of nitrogens with zero attached hydrogens (tertiary/aromatic N) is 1. The molecule has 0 aromatic rings. The number of carboxylic acids is 1. The van der Waals surface area contributed by atoms with Crippen LogP contribution in [0.4, 0.5) is 0 Å². The molecule has 2 rings (SSSR count). The first-order chi connectivity index (χ1) is 10.0. The van der Waals surface area contributed by atoms with Crippen LogP contribution in [-0.2, 0) is 23.9 Å². The predicted molar refractivity (Wildman–Crippen MR) is 70.5 cm³/mol. The molecule has 3 atom stereocenters. The van der Waals surface area contributed by atoms with Gasteiger partial charge in [0.2, 0.25) is 5.91 Å². The zero-order valence-electron chi connectivity index (χ0n) is 11.9. The first kappa shape index (κ1) is 15.7. The topological polar surface area (TPSA) is 105 Å². The lowest BCUT2D eigenvalue weighted by molar-refractivity contribution is -0.161. The summed E-state index contributed by atoms with van der Waals surface area (Å²) in [5.41, 5.74) is 0. The Balaban J connectivity index is 2.02. The summed E-state index contributed by atoms with van der Waals surface area (Å²) in [5.74, 6) is -1.66. The highest BCUT2D eigenvalue weighted by molar-refractivity contribution is 5.90. The van der Waals surface area contributed by atoms with Gasteiger partial charge in [0.1, 0.15) is 12.1 Å². The summed E-state index contributed by atoms with van der Waals surface area (Å²) in [5, 5.41) is 11.6. The molecule has 0 aromatic heterocycles. The number of amides is 2. The van der Waals surface area contributed by atoms with Crippen LogP contribution in [0.1, 0.15) is 19.8 Å². The second kappa shape index (κ2) is 6.86. The normalized spacial score (nSPS) is 29.2. The van der Waals surface area contributed by atoms with Crippen molar-refractivity contribution in [1.29, 1.82) is 0 Å². The molecule has 0 bridgehead atoms. The number of carbonyl (C=O) groups is 3. The molecule has 0 radical (unpaired) electrons. The van der Waals surface area contributed by atoms with E-state index >= 15 is 0 Å². The van der Waals surface area contributed by atoms with Crippen molar-refractivity contribution in [2.45, 2.75) is 38.0 Å². The molecule has 2 heterocycles. The number of carbonyl (C=O) groups excluding carboxylic acids is 2. The van der Waals surface area contributed by atoms with Crippen molar-refractivity contribution in [2.24, 2.45) is 0 Å². The largest absolute Gasteiger partial charge is 0.479 e. The van der Waals surface area contributed by atoms with Crippen LogP contribution in [-0.4, -0.2) is 72.3 Å². The lowest BCUT2D eigenvalue weighted by atomic mass is 10.1. The molecule has 2 saturated heterocycles. The molecule has 0 spiro atoms. The van der Waals surface area contributed by atoms with Crippen molar-refractivity contribution in [3.8, 4) is 0 Å². The average molecular weight is 300 g/mol. The minimum Gasteiger partial charge on any atom is -0.479 e. The molecule has 0 aromatic carbocycles. The van der Waals surface area contributed by atoms with Crippen LogP contribution < -0.4 is 5.32 Å². The molecule has 8 nitrogen and oxygen atoms in total. The molecular weight excluding hydrogens is 280 g/mol. The van der Waals surface area contributed by atoms with E-state index in [9.17, 15) is 14.4 Å². The Bertz CT molecular complexity index is 427.